The van der Waals surface area contributed by atoms with Crippen LogP contribution in [0.15, 0.2) is 12.8 Å². The molecule has 0 aromatic carbocycles. The zero-order valence-corrected chi connectivity index (χ0v) is 5.00. The third-order valence-corrected chi connectivity index (χ3v) is 0.563. The van der Waals surface area contributed by atoms with Crippen LogP contribution in [0.25, 0.3) is 0 Å². The van der Waals surface area contributed by atoms with Crippen molar-refractivity contribution in [1.82, 2.24) is 0 Å². The highest BCUT2D eigenvalue weighted by atomic mass is 16.6. The van der Waals surface area contributed by atoms with Gasteiger partial charge in [-0.25, -0.2) is 4.79 Å². The Hall–Kier alpha value is -1.19. The predicted octanol–water partition coefficient (Wildman–Crippen LogP) is 0.242. The Bertz CT molecular complexity index is 102. The first-order valence-corrected chi connectivity index (χ1v) is 2.42. The first-order valence-electron chi connectivity index (χ1n) is 2.42. The molecule has 0 bridgehead atoms. The van der Waals surface area contributed by atoms with Gasteiger partial charge in [0.1, 0.15) is 13.2 Å². The Morgan fingerprint density at radius 3 is 2.78 bits per heavy atom. The van der Waals surface area contributed by atoms with Gasteiger partial charge in [0.15, 0.2) is 0 Å². The fourth-order valence-electron chi connectivity index (χ4n) is 0.274. The second kappa shape index (κ2) is 4.96. The smallest absolute Gasteiger partial charge is 0.404 e. The van der Waals surface area contributed by atoms with Crippen molar-refractivity contribution in [1.29, 1.82) is 0 Å². The van der Waals surface area contributed by atoms with Crippen LogP contribution >= 0.6 is 0 Å². The second-order valence-electron chi connectivity index (χ2n) is 1.20. The summed E-state index contributed by atoms with van der Waals surface area (Å²) in [5.41, 5.74) is 4.63. The van der Waals surface area contributed by atoms with Crippen molar-refractivity contribution in [3.8, 4) is 0 Å². The highest BCUT2D eigenvalue weighted by molar-refractivity contribution is 5.64. The molecule has 0 aromatic rings. The molecule has 9 heavy (non-hydrogen) atoms. The van der Waals surface area contributed by atoms with E-state index < -0.39 is 6.09 Å². The first kappa shape index (κ1) is 7.81. The summed E-state index contributed by atoms with van der Waals surface area (Å²) in [7, 11) is 0. The van der Waals surface area contributed by atoms with E-state index >= 15 is 0 Å². The maximum absolute atomic E-state index is 9.88. The molecule has 0 aliphatic heterocycles. The third kappa shape index (κ3) is 6.81. The molecule has 0 aliphatic carbocycles. The lowest BCUT2D eigenvalue weighted by Crippen LogP contribution is -2.15. The molecule has 0 heterocycles. The quantitative estimate of drug-likeness (QED) is 0.439. The van der Waals surface area contributed by atoms with Crippen LogP contribution < -0.4 is 5.73 Å². The van der Waals surface area contributed by atoms with Crippen LogP contribution in [0.4, 0.5) is 4.79 Å². The molecule has 0 radical (unpaired) electrons. The van der Waals surface area contributed by atoms with E-state index in [0.717, 1.165) is 0 Å². The number of ether oxygens (including phenoxy) is 2. The van der Waals surface area contributed by atoms with Gasteiger partial charge in [0.25, 0.3) is 0 Å². The van der Waals surface area contributed by atoms with Gasteiger partial charge < -0.3 is 15.2 Å². The van der Waals surface area contributed by atoms with Gasteiger partial charge in [-0.3, -0.25) is 0 Å². The summed E-state index contributed by atoms with van der Waals surface area (Å²) in [6.45, 7) is 3.75. The summed E-state index contributed by atoms with van der Waals surface area (Å²) in [5.74, 6) is 0. The standard InChI is InChI=1S/C5H9NO3/c1-2-8-3-4-9-5(6)7/h2H,1,3-4H2,(H2,6,7). The minimum absolute atomic E-state index is 0.168. The molecular formula is C5H9NO3. The first-order chi connectivity index (χ1) is 4.27. The van der Waals surface area contributed by atoms with Gasteiger partial charge in [0.2, 0.25) is 0 Å². The Labute approximate surface area is 53.2 Å². The van der Waals surface area contributed by atoms with E-state index in [2.05, 4.69) is 21.8 Å². The summed E-state index contributed by atoms with van der Waals surface area (Å²) < 4.78 is 8.93. The van der Waals surface area contributed by atoms with E-state index in [-0.39, 0.29) is 6.61 Å². The van der Waals surface area contributed by atoms with Crippen LogP contribution in [0.1, 0.15) is 0 Å². The molecule has 0 aliphatic rings. The summed E-state index contributed by atoms with van der Waals surface area (Å²) in [6, 6.07) is 0. The highest BCUT2D eigenvalue weighted by Crippen LogP contribution is 1.76. The topological polar surface area (TPSA) is 61.6 Å². The summed E-state index contributed by atoms with van der Waals surface area (Å²) >= 11 is 0. The summed E-state index contributed by atoms with van der Waals surface area (Å²) in [6.07, 6.45) is 0.479. The maximum atomic E-state index is 9.88. The number of amides is 1. The van der Waals surface area contributed by atoms with E-state index in [1.165, 1.54) is 6.26 Å². The lowest BCUT2D eigenvalue weighted by molar-refractivity contribution is 0.120. The van der Waals surface area contributed by atoms with Gasteiger partial charge in [-0.1, -0.05) is 6.58 Å². The molecule has 52 valence electrons. The SMILES string of the molecule is C=COCCOC(N)=O. The molecule has 0 fully saturated rings. The molecular weight excluding hydrogens is 122 g/mol. The van der Waals surface area contributed by atoms with Crippen molar-refractivity contribution in [3.63, 3.8) is 0 Å². The number of rotatable bonds is 4. The largest absolute Gasteiger partial charge is 0.498 e. The monoisotopic (exact) mass is 131 g/mol. The molecule has 0 saturated carbocycles. The van der Waals surface area contributed by atoms with Crippen molar-refractivity contribution < 1.29 is 14.3 Å². The maximum Gasteiger partial charge on any atom is 0.404 e. The van der Waals surface area contributed by atoms with E-state index in [9.17, 15) is 4.79 Å². The Morgan fingerprint density at radius 1 is 1.67 bits per heavy atom. The van der Waals surface area contributed by atoms with Crippen LogP contribution in [0.2, 0.25) is 0 Å². The van der Waals surface area contributed by atoms with Crippen LogP contribution in [0.5, 0.6) is 0 Å². The molecule has 0 unspecified atom stereocenters. The van der Waals surface area contributed by atoms with Crippen molar-refractivity contribution in [2.75, 3.05) is 13.2 Å². The van der Waals surface area contributed by atoms with Crippen LogP contribution in [-0.4, -0.2) is 19.3 Å². The molecule has 0 atom stereocenters. The molecule has 0 saturated heterocycles. The zero-order valence-electron chi connectivity index (χ0n) is 5.00. The summed E-state index contributed by atoms with van der Waals surface area (Å²) in [5, 5.41) is 0. The molecule has 0 aromatic heterocycles. The van der Waals surface area contributed by atoms with Crippen molar-refractivity contribution in [2.45, 2.75) is 0 Å². The number of carbonyl (C=O) groups is 1. The molecule has 4 nitrogen and oxygen atoms in total. The van der Waals surface area contributed by atoms with Gasteiger partial charge in [0, 0.05) is 0 Å². The highest BCUT2D eigenvalue weighted by Gasteiger charge is 1.89. The van der Waals surface area contributed by atoms with Gasteiger partial charge in [0.05, 0.1) is 6.26 Å². The minimum atomic E-state index is -0.789. The van der Waals surface area contributed by atoms with Crippen LogP contribution in [0.3, 0.4) is 0 Å². The Kier molecular flexibility index (Phi) is 4.30. The fraction of sp³-hybridized carbons (Fsp3) is 0.400. The molecule has 0 rings (SSSR count). The Morgan fingerprint density at radius 2 is 2.33 bits per heavy atom. The normalized spacial score (nSPS) is 8.00. The molecule has 4 heteroatoms. The van der Waals surface area contributed by atoms with Crippen molar-refractivity contribution >= 4 is 6.09 Å². The molecule has 2 N–H and O–H groups in total. The van der Waals surface area contributed by atoms with Crippen LogP contribution in [0, 0.1) is 0 Å². The molecule has 0 spiro atoms. The summed E-state index contributed by atoms with van der Waals surface area (Å²) in [4.78, 5) is 9.88. The average molecular weight is 131 g/mol. The van der Waals surface area contributed by atoms with E-state index in [0.29, 0.717) is 6.61 Å². The van der Waals surface area contributed by atoms with Gasteiger partial charge >= 0.3 is 6.09 Å². The van der Waals surface area contributed by atoms with E-state index in [4.69, 9.17) is 0 Å². The number of hydrogen-bond acceptors (Lipinski definition) is 3. The second-order valence-corrected chi connectivity index (χ2v) is 1.20. The number of carbonyl (C=O) groups excluding carboxylic acids is 1. The lowest BCUT2D eigenvalue weighted by Gasteiger charge is -1.98. The third-order valence-electron chi connectivity index (χ3n) is 0.563. The predicted molar refractivity (Wildman–Crippen MR) is 31.7 cm³/mol. The van der Waals surface area contributed by atoms with Gasteiger partial charge in [-0.05, 0) is 0 Å². The Balaban J connectivity index is 2.91. The van der Waals surface area contributed by atoms with Gasteiger partial charge in [-0.2, -0.15) is 0 Å². The zero-order chi connectivity index (χ0) is 7.11. The number of hydrogen-bond donors (Lipinski definition) is 1. The van der Waals surface area contributed by atoms with E-state index in [1.807, 2.05) is 0 Å². The van der Waals surface area contributed by atoms with Gasteiger partial charge in [-0.15, -0.1) is 0 Å². The van der Waals surface area contributed by atoms with E-state index in [1.54, 1.807) is 0 Å². The number of primary amides is 1. The van der Waals surface area contributed by atoms with Crippen LogP contribution in [-0.2, 0) is 9.47 Å². The minimum Gasteiger partial charge on any atom is -0.498 e. The van der Waals surface area contributed by atoms with Crippen molar-refractivity contribution in [2.24, 2.45) is 5.73 Å². The number of nitrogens with two attached hydrogens (primary N) is 1. The van der Waals surface area contributed by atoms with Crippen molar-refractivity contribution in [3.05, 3.63) is 12.8 Å². The lowest BCUT2D eigenvalue weighted by atomic mass is 10.8. The molecule has 1 amide bonds. The fourth-order valence-corrected chi connectivity index (χ4v) is 0.274. The average Bonchev–Trinajstić information content (AvgIpc) is 1.80.